The first kappa shape index (κ1) is 21.2. The van der Waals surface area contributed by atoms with E-state index in [2.05, 4.69) is 20.6 Å². The molecule has 0 aliphatic rings. The lowest BCUT2D eigenvalue weighted by Crippen LogP contribution is -2.27. The summed E-state index contributed by atoms with van der Waals surface area (Å²) < 4.78 is 12.6. The molecule has 32 heavy (non-hydrogen) atoms. The van der Waals surface area contributed by atoms with E-state index in [1.165, 1.54) is 0 Å². The molecule has 2 heterocycles. The van der Waals surface area contributed by atoms with Gasteiger partial charge in [-0.05, 0) is 36.8 Å². The Hall–Kier alpha value is -4.01. The molecule has 0 aliphatic heterocycles. The Labute approximate surface area is 184 Å². The van der Waals surface area contributed by atoms with Gasteiger partial charge in [-0.1, -0.05) is 12.1 Å². The molecule has 0 unspecified atom stereocenters. The topological polar surface area (TPSA) is 110 Å². The molecule has 0 atom stereocenters. The van der Waals surface area contributed by atoms with E-state index in [0.29, 0.717) is 36.1 Å². The molecule has 2 aromatic carbocycles. The zero-order valence-electron chi connectivity index (χ0n) is 18.2. The van der Waals surface area contributed by atoms with Crippen LogP contribution in [0.25, 0.3) is 21.9 Å². The molecule has 4 rings (SSSR count). The molecule has 9 nitrogen and oxygen atoms in total. The predicted molar refractivity (Wildman–Crippen MR) is 122 cm³/mol. The van der Waals surface area contributed by atoms with Gasteiger partial charge < -0.3 is 24.3 Å². The average molecular weight is 435 g/mol. The number of aromatic nitrogens is 3. The van der Waals surface area contributed by atoms with E-state index in [0.717, 1.165) is 21.9 Å². The molecular formula is C23H25N5O4. The second-order valence-corrected chi connectivity index (χ2v) is 7.33. The molecule has 0 spiro atoms. The predicted octanol–water partition coefficient (Wildman–Crippen LogP) is 3.22. The molecule has 0 aliphatic carbocycles. The third-order valence-electron chi connectivity index (χ3n) is 5.30. The van der Waals surface area contributed by atoms with Crippen LogP contribution in [0.1, 0.15) is 23.3 Å². The summed E-state index contributed by atoms with van der Waals surface area (Å²) in [6.45, 7) is 0.363. The van der Waals surface area contributed by atoms with Crippen LogP contribution in [0.3, 0.4) is 0 Å². The summed E-state index contributed by atoms with van der Waals surface area (Å²) in [5.74, 6) is 1.34. The van der Waals surface area contributed by atoms with E-state index < -0.39 is 0 Å². The number of nitrogens with zero attached hydrogens (tertiary/aromatic N) is 2. The number of carbonyl (C=O) groups excluding carboxylic acids is 2. The van der Waals surface area contributed by atoms with Crippen LogP contribution in [-0.4, -0.2) is 47.1 Å². The molecule has 2 amide bonds. The van der Waals surface area contributed by atoms with Gasteiger partial charge in [-0.2, -0.15) is 0 Å². The number of H-pyrrole nitrogens is 1. The fourth-order valence-corrected chi connectivity index (χ4v) is 3.72. The van der Waals surface area contributed by atoms with Crippen molar-refractivity contribution < 1.29 is 19.1 Å². The number of para-hydroxylation sites is 2. The van der Waals surface area contributed by atoms with Crippen molar-refractivity contribution in [3.05, 3.63) is 48.2 Å². The van der Waals surface area contributed by atoms with Crippen LogP contribution in [0.15, 0.2) is 42.5 Å². The molecule has 2 aromatic heterocycles. The monoisotopic (exact) mass is 435 g/mol. The minimum Gasteiger partial charge on any atom is -0.496 e. The van der Waals surface area contributed by atoms with Crippen LogP contribution >= 0.6 is 0 Å². The fraction of sp³-hybridized carbons (Fsp3) is 0.261. The first-order chi connectivity index (χ1) is 15.5. The zero-order valence-corrected chi connectivity index (χ0v) is 18.2. The SMILES string of the molecule is COc1ccc(OC)c2c1cc(C(=O)NCCCC(=O)Nc1nc3ccccc3[nH]1)n2C. The van der Waals surface area contributed by atoms with Crippen molar-refractivity contribution in [2.24, 2.45) is 7.05 Å². The van der Waals surface area contributed by atoms with Crippen molar-refractivity contribution in [2.75, 3.05) is 26.1 Å². The van der Waals surface area contributed by atoms with Gasteiger partial charge >= 0.3 is 0 Å². The van der Waals surface area contributed by atoms with Crippen LogP contribution in [-0.2, 0) is 11.8 Å². The van der Waals surface area contributed by atoms with E-state index >= 15 is 0 Å². The summed E-state index contributed by atoms with van der Waals surface area (Å²) in [6, 6.07) is 12.9. The highest BCUT2D eigenvalue weighted by atomic mass is 16.5. The fourth-order valence-electron chi connectivity index (χ4n) is 3.72. The second-order valence-electron chi connectivity index (χ2n) is 7.33. The van der Waals surface area contributed by atoms with E-state index in [-0.39, 0.29) is 18.2 Å². The number of nitrogens with one attached hydrogen (secondary N) is 3. The number of hydrogen-bond donors (Lipinski definition) is 3. The number of ether oxygens (including phenoxy) is 2. The molecule has 0 radical (unpaired) electrons. The number of methoxy groups -OCH3 is 2. The van der Waals surface area contributed by atoms with Crippen LogP contribution in [0, 0.1) is 0 Å². The maximum absolute atomic E-state index is 12.7. The number of imidazole rings is 1. The van der Waals surface area contributed by atoms with Gasteiger partial charge in [0.05, 0.1) is 30.8 Å². The van der Waals surface area contributed by atoms with Gasteiger partial charge in [0, 0.05) is 25.4 Å². The lowest BCUT2D eigenvalue weighted by atomic mass is 10.2. The highest BCUT2D eigenvalue weighted by Gasteiger charge is 2.18. The summed E-state index contributed by atoms with van der Waals surface area (Å²) in [7, 11) is 4.98. The van der Waals surface area contributed by atoms with Gasteiger partial charge in [0.25, 0.3) is 5.91 Å². The molecule has 9 heteroatoms. The summed E-state index contributed by atoms with van der Waals surface area (Å²) in [4.78, 5) is 32.3. The van der Waals surface area contributed by atoms with Crippen LogP contribution < -0.4 is 20.1 Å². The normalized spacial score (nSPS) is 11.0. The van der Waals surface area contributed by atoms with Gasteiger partial charge in [-0.25, -0.2) is 4.98 Å². The molecule has 166 valence electrons. The zero-order chi connectivity index (χ0) is 22.7. The third kappa shape index (κ3) is 4.09. The maximum Gasteiger partial charge on any atom is 0.267 e. The number of anilines is 1. The molecule has 0 fully saturated rings. The highest BCUT2D eigenvalue weighted by molar-refractivity contribution is 6.02. The Morgan fingerprint density at radius 1 is 1.09 bits per heavy atom. The average Bonchev–Trinajstić information content (AvgIpc) is 3.36. The number of aryl methyl sites for hydroxylation is 1. The van der Waals surface area contributed by atoms with Crippen molar-refractivity contribution in [3.63, 3.8) is 0 Å². The maximum atomic E-state index is 12.7. The number of amides is 2. The Morgan fingerprint density at radius 2 is 1.84 bits per heavy atom. The van der Waals surface area contributed by atoms with E-state index in [1.54, 1.807) is 31.9 Å². The van der Waals surface area contributed by atoms with Gasteiger partial charge in [0.1, 0.15) is 17.2 Å². The number of aromatic amines is 1. The smallest absolute Gasteiger partial charge is 0.267 e. The summed E-state index contributed by atoms with van der Waals surface area (Å²) in [5, 5.41) is 6.42. The van der Waals surface area contributed by atoms with Crippen molar-refractivity contribution in [3.8, 4) is 11.5 Å². The van der Waals surface area contributed by atoms with Crippen molar-refractivity contribution in [1.29, 1.82) is 0 Å². The van der Waals surface area contributed by atoms with Gasteiger partial charge in [0.2, 0.25) is 11.9 Å². The van der Waals surface area contributed by atoms with Crippen LogP contribution in [0.5, 0.6) is 11.5 Å². The van der Waals surface area contributed by atoms with Crippen molar-refractivity contribution >= 4 is 39.7 Å². The summed E-state index contributed by atoms with van der Waals surface area (Å²) >= 11 is 0. The van der Waals surface area contributed by atoms with Gasteiger partial charge in [0.15, 0.2) is 0 Å². The number of hydrogen-bond acceptors (Lipinski definition) is 5. The molecule has 0 saturated carbocycles. The Kier molecular flexibility index (Phi) is 5.98. The minimum atomic E-state index is -0.231. The molecule has 4 aromatic rings. The first-order valence-electron chi connectivity index (χ1n) is 10.2. The number of fused-ring (bicyclic) bond motifs is 2. The molecule has 0 bridgehead atoms. The molecular weight excluding hydrogens is 410 g/mol. The summed E-state index contributed by atoms with van der Waals surface area (Å²) in [5.41, 5.74) is 2.91. The quantitative estimate of drug-likeness (QED) is 0.368. The third-order valence-corrected chi connectivity index (χ3v) is 5.30. The summed E-state index contributed by atoms with van der Waals surface area (Å²) in [6.07, 6.45) is 0.752. The van der Waals surface area contributed by atoms with Crippen LogP contribution in [0.4, 0.5) is 5.95 Å². The Balaban J connectivity index is 1.34. The Bertz CT molecular complexity index is 1260. The van der Waals surface area contributed by atoms with E-state index in [9.17, 15) is 9.59 Å². The second kappa shape index (κ2) is 9.01. The number of carbonyl (C=O) groups is 2. The van der Waals surface area contributed by atoms with Crippen LogP contribution in [0.2, 0.25) is 0 Å². The lowest BCUT2D eigenvalue weighted by Gasteiger charge is -2.09. The van der Waals surface area contributed by atoms with E-state index in [4.69, 9.17) is 9.47 Å². The van der Waals surface area contributed by atoms with E-state index in [1.807, 2.05) is 36.4 Å². The van der Waals surface area contributed by atoms with Gasteiger partial charge in [-0.15, -0.1) is 0 Å². The Morgan fingerprint density at radius 3 is 2.59 bits per heavy atom. The first-order valence-corrected chi connectivity index (χ1v) is 10.2. The molecule has 3 N–H and O–H groups in total. The minimum absolute atomic E-state index is 0.169. The number of benzene rings is 2. The standard InChI is InChI=1S/C23H25N5O4/c1-28-17(13-14-18(31-2)10-11-19(32-3)21(14)28)22(30)24-12-6-9-20(29)27-23-25-15-7-4-5-8-16(15)26-23/h4-5,7-8,10-11,13H,6,9,12H2,1-3H3,(H,24,30)(H2,25,26,27,29). The van der Waals surface area contributed by atoms with Crippen molar-refractivity contribution in [1.82, 2.24) is 19.9 Å². The number of rotatable bonds is 8. The molecule has 0 saturated heterocycles. The van der Waals surface area contributed by atoms with Crippen molar-refractivity contribution in [2.45, 2.75) is 12.8 Å². The highest BCUT2D eigenvalue weighted by Crippen LogP contribution is 2.35. The van der Waals surface area contributed by atoms with Gasteiger partial charge in [-0.3, -0.25) is 14.9 Å². The largest absolute Gasteiger partial charge is 0.496 e. The lowest BCUT2D eigenvalue weighted by molar-refractivity contribution is -0.116.